The number of hydrogen-bond acceptors (Lipinski definition) is 4. The maximum absolute atomic E-state index is 13.2. The fourth-order valence-electron chi connectivity index (χ4n) is 4.99. The minimum Gasteiger partial charge on any atom is -0.207 e. The average Bonchev–Trinajstić information content (AvgIpc) is 3.38. The van der Waals surface area contributed by atoms with Crippen molar-refractivity contribution in [2.24, 2.45) is 29.6 Å². The second kappa shape index (κ2) is 6.48. The first-order valence-electron chi connectivity index (χ1n) is 9.45. The third kappa shape index (κ3) is 2.88. The van der Waals surface area contributed by atoms with E-state index in [9.17, 15) is 18.9 Å². The van der Waals surface area contributed by atoms with E-state index in [-0.39, 0.29) is 17.8 Å². The first-order chi connectivity index (χ1) is 12.9. The van der Waals surface area contributed by atoms with Gasteiger partial charge in [0.15, 0.2) is 0 Å². The van der Waals surface area contributed by atoms with E-state index in [2.05, 4.69) is 12.1 Å². The van der Waals surface area contributed by atoms with E-state index in [1.807, 2.05) is 26.0 Å². The highest BCUT2D eigenvalue weighted by atomic mass is 32.2. The summed E-state index contributed by atoms with van der Waals surface area (Å²) in [5, 5.41) is 19.4. The van der Waals surface area contributed by atoms with E-state index in [1.165, 1.54) is 0 Å². The number of aryl methyl sites for hydroxylation is 1. The molecule has 0 N–H and O–H groups in total. The van der Waals surface area contributed by atoms with Gasteiger partial charge in [0.05, 0.1) is 23.0 Å². The highest BCUT2D eigenvalue weighted by Gasteiger charge is 2.54. The fraction of sp³-hybridized carbons (Fsp3) is 0.524. The normalized spacial score (nSPS) is 31.3. The van der Waals surface area contributed by atoms with Gasteiger partial charge in [-0.3, -0.25) is 0 Å². The zero-order valence-corrected chi connectivity index (χ0v) is 16.4. The zero-order valence-electron chi connectivity index (χ0n) is 15.6. The van der Waals surface area contributed by atoms with Crippen LogP contribution in [-0.2, 0) is 10.0 Å². The Morgan fingerprint density at radius 2 is 1.74 bits per heavy atom. The van der Waals surface area contributed by atoms with Crippen molar-refractivity contribution in [3.05, 3.63) is 41.0 Å². The lowest BCUT2D eigenvalue weighted by molar-refractivity contribution is 0.214. The lowest BCUT2D eigenvalue weighted by atomic mass is 9.64. The number of allylic oxidation sites excluding steroid dienone is 1. The Morgan fingerprint density at radius 3 is 2.30 bits per heavy atom. The number of sulfonamides is 1. The monoisotopic (exact) mass is 381 g/mol. The van der Waals surface area contributed by atoms with Crippen LogP contribution in [0.2, 0.25) is 0 Å². The molecule has 2 aliphatic carbocycles. The number of nitriles is 2. The first kappa shape index (κ1) is 18.2. The number of hydrogen-bond donors (Lipinski definition) is 0. The van der Waals surface area contributed by atoms with E-state index in [0.29, 0.717) is 29.5 Å². The lowest BCUT2D eigenvalue weighted by Crippen LogP contribution is -2.36. The predicted molar refractivity (Wildman–Crippen MR) is 101 cm³/mol. The summed E-state index contributed by atoms with van der Waals surface area (Å²) in [5.74, 6) is 0.303. The van der Waals surface area contributed by atoms with Gasteiger partial charge in [0.2, 0.25) is 10.0 Å². The highest BCUT2D eigenvalue weighted by molar-refractivity contribution is 7.89. The Hall–Kier alpha value is -2.15. The molecule has 3 aliphatic rings. The highest BCUT2D eigenvalue weighted by Crippen LogP contribution is 2.55. The summed E-state index contributed by atoms with van der Waals surface area (Å²) in [6.07, 6.45) is 2.16. The molecule has 0 bridgehead atoms. The molecule has 4 atom stereocenters. The average molecular weight is 382 g/mol. The Morgan fingerprint density at radius 1 is 1.07 bits per heavy atom. The summed E-state index contributed by atoms with van der Waals surface area (Å²) in [6.45, 7) is 4.68. The molecule has 0 unspecified atom stereocenters. The number of rotatable bonds is 3. The molecule has 4 rings (SSSR count). The van der Waals surface area contributed by atoms with Crippen molar-refractivity contribution in [2.45, 2.75) is 31.6 Å². The van der Waals surface area contributed by atoms with Crippen LogP contribution in [-0.4, -0.2) is 25.8 Å². The molecule has 27 heavy (non-hydrogen) atoms. The molecule has 1 saturated carbocycles. The summed E-state index contributed by atoms with van der Waals surface area (Å²) in [4.78, 5) is 0.314. The van der Waals surface area contributed by atoms with Gasteiger partial charge in [0.1, 0.15) is 0 Å². The van der Waals surface area contributed by atoms with E-state index in [0.717, 1.165) is 24.0 Å². The third-order valence-electron chi connectivity index (χ3n) is 6.59. The molecule has 5 nitrogen and oxygen atoms in total. The smallest absolute Gasteiger partial charge is 0.207 e. The van der Waals surface area contributed by atoms with Gasteiger partial charge in [-0.05, 0) is 62.5 Å². The summed E-state index contributed by atoms with van der Waals surface area (Å²) in [7, 11) is -3.57. The van der Waals surface area contributed by atoms with Gasteiger partial charge in [-0.25, -0.2) is 8.42 Å². The van der Waals surface area contributed by atoms with E-state index in [1.54, 1.807) is 16.4 Å². The number of nitrogens with zero attached hydrogens (tertiary/aromatic N) is 3. The first-order valence-corrected chi connectivity index (χ1v) is 10.9. The van der Waals surface area contributed by atoms with Crippen molar-refractivity contribution >= 4 is 10.0 Å². The van der Waals surface area contributed by atoms with Crippen LogP contribution in [0.25, 0.3) is 0 Å². The van der Waals surface area contributed by atoms with E-state index < -0.39 is 15.9 Å². The van der Waals surface area contributed by atoms with Gasteiger partial charge in [0.25, 0.3) is 0 Å². The molecule has 1 aromatic rings. The third-order valence-corrected chi connectivity index (χ3v) is 8.43. The van der Waals surface area contributed by atoms with Crippen LogP contribution in [0, 0.1) is 59.2 Å². The second-order valence-electron chi connectivity index (χ2n) is 8.14. The molecular weight excluding hydrogens is 358 g/mol. The molecular formula is C21H23N3O2S. The van der Waals surface area contributed by atoms with Gasteiger partial charge in [0, 0.05) is 18.7 Å². The second-order valence-corrected chi connectivity index (χ2v) is 10.1. The van der Waals surface area contributed by atoms with Gasteiger partial charge in [-0.15, -0.1) is 0 Å². The van der Waals surface area contributed by atoms with E-state index >= 15 is 0 Å². The molecule has 2 fully saturated rings. The summed E-state index contributed by atoms with van der Waals surface area (Å²) >= 11 is 0. The largest absolute Gasteiger partial charge is 0.243 e. The molecule has 0 spiro atoms. The van der Waals surface area contributed by atoms with Gasteiger partial charge >= 0.3 is 0 Å². The molecule has 1 heterocycles. The summed E-state index contributed by atoms with van der Waals surface area (Å²) in [6, 6.07) is 11.6. The van der Waals surface area contributed by atoms with Crippen LogP contribution in [0.5, 0.6) is 0 Å². The van der Waals surface area contributed by atoms with Crippen LogP contribution in [0.1, 0.15) is 25.3 Å². The van der Waals surface area contributed by atoms with Crippen molar-refractivity contribution in [2.75, 3.05) is 13.1 Å². The number of fused-ring (bicyclic) bond motifs is 1. The van der Waals surface area contributed by atoms with Crippen molar-refractivity contribution in [1.82, 2.24) is 4.31 Å². The summed E-state index contributed by atoms with van der Waals surface area (Å²) in [5.41, 5.74) is 2.50. The van der Waals surface area contributed by atoms with Crippen molar-refractivity contribution in [3.8, 4) is 12.1 Å². The summed E-state index contributed by atoms with van der Waals surface area (Å²) < 4.78 is 27.9. The molecule has 1 saturated heterocycles. The maximum Gasteiger partial charge on any atom is 0.243 e. The molecule has 0 aromatic heterocycles. The van der Waals surface area contributed by atoms with Gasteiger partial charge in [-0.2, -0.15) is 14.8 Å². The molecule has 1 aromatic carbocycles. The van der Waals surface area contributed by atoms with Crippen LogP contribution in [0.4, 0.5) is 0 Å². The van der Waals surface area contributed by atoms with Gasteiger partial charge < -0.3 is 0 Å². The molecule has 0 radical (unpaired) electrons. The Kier molecular flexibility index (Phi) is 4.37. The molecule has 0 amide bonds. The van der Waals surface area contributed by atoms with E-state index in [4.69, 9.17) is 0 Å². The maximum atomic E-state index is 13.2. The standard InChI is InChI=1S/C21H23N3O2S/c1-13-3-7-16(8-4-13)27(25,26)24-11-19-14(2)17(9-22)18(10-23)21(15-5-6-15)20(19)12-24/h3-4,7-8,15,18-21H,5-6,11-12H2,1-2H3/t18-,19+,20-,21-/m1/s1. The molecule has 140 valence electrons. The van der Waals surface area contributed by atoms with Crippen LogP contribution in [0.15, 0.2) is 40.3 Å². The fourth-order valence-corrected chi connectivity index (χ4v) is 6.49. The van der Waals surface area contributed by atoms with Crippen molar-refractivity contribution in [3.63, 3.8) is 0 Å². The van der Waals surface area contributed by atoms with Crippen molar-refractivity contribution in [1.29, 1.82) is 10.5 Å². The predicted octanol–water partition coefficient (Wildman–Crippen LogP) is 3.25. The van der Waals surface area contributed by atoms with Crippen molar-refractivity contribution < 1.29 is 8.42 Å². The minimum atomic E-state index is -3.57. The Balaban J connectivity index is 1.71. The number of benzene rings is 1. The van der Waals surface area contributed by atoms with Gasteiger partial charge in [-0.1, -0.05) is 23.3 Å². The van der Waals surface area contributed by atoms with Crippen LogP contribution >= 0.6 is 0 Å². The molecule has 1 aliphatic heterocycles. The van der Waals surface area contributed by atoms with Crippen LogP contribution < -0.4 is 0 Å². The molecule has 6 heteroatoms. The lowest BCUT2D eigenvalue weighted by Gasteiger charge is -2.37. The quantitative estimate of drug-likeness (QED) is 0.804. The topological polar surface area (TPSA) is 85.0 Å². The zero-order chi connectivity index (χ0) is 19.3. The Bertz CT molecular complexity index is 978. The minimum absolute atomic E-state index is 0.0371. The Labute approximate surface area is 161 Å². The van der Waals surface area contributed by atoms with Crippen LogP contribution in [0.3, 0.4) is 0 Å². The SMILES string of the molecule is CC1=C(C#N)[C@@H](C#N)[C@@H](C2CC2)[C@@H]2CN(S(=O)(=O)c3ccc(C)cc3)C[C@@H]12.